The molecule has 0 spiro atoms. The highest BCUT2D eigenvalue weighted by Gasteiger charge is 2.13. The third kappa shape index (κ3) is 4.50. The van der Waals surface area contributed by atoms with Gasteiger partial charge >= 0.3 is 0 Å². The van der Waals surface area contributed by atoms with Gasteiger partial charge in [-0.3, -0.25) is 9.59 Å². The van der Waals surface area contributed by atoms with Crippen LogP contribution in [-0.4, -0.2) is 37.8 Å². The first-order chi connectivity index (χ1) is 12.9. The number of carbonyl (C=O) groups excluding carboxylic acids is 2. The van der Waals surface area contributed by atoms with Crippen LogP contribution in [-0.2, 0) is 4.79 Å². The van der Waals surface area contributed by atoms with Crippen LogP contribution in [0.15, 0.2) is 47.6 Å². The number of aromatic nitrogens is 4. The minimum atomic E-state index is -0.504. The summed E-state index contributed by atoms with van der Waals surface area (Å²) in [5.74, 6) is -0.492. The lowest BCUT2D eigenvalue weighted by atomic mass is 10.1. The summed E-state index contributed by atoms with van der Waals surface area (Å²) in [6.07, 6.45) is 0. The molecule has 0 aliphatic carbocycles. The van der Waals surface area contributed by atoms with Crippen LogP contribution in [0.5, 0.6) is 0 Å². The molecular formula is C18H18N6O2S. The number of tetrazole rings is 1. The summed E-state index contributed by atoms with van der Waals surface area (Å²) < 4.78 is 1.50. The van der Waals surface area contributed by atoms with E-state index in [9.17, 15) is 9.59 Å². The van der Waals surface area contributed by atoms with Gasteiger partial charge in [-0.1, -0.05) is 29.5 Å². The first-order valence-corrected chi connectivity index (χ1v) is 9.11. The molecule has 0 unspecified atom stereocenters. The number of nitrogens with one attached hydrogen (secondary N) is 1. The second kappa shape index (κ2) is 8.00. The molecular weight excluding hydrogens is 364 g/mol. The van der Waals surface area contributed by atoms with Crippen molar-refractivity contribution >= 4 is 29.3 Å². The molecule has 0 atom stereocenters. The van der Waals surface area contributed by atoms with Gasteiger partial charge in [-0.05, 0) is 60.2 Å². The molecule has 0 radical (unpaired) electrons. The normalized spacial score (nSPS) is 10.6. The Morgan fingerprint density at radius 2 is 1.89 bits per heavy atom. The van der Waals surface area contributed by atoms with Crippen LogP contribution in [0.2, 0.25) is 0 Å². The Balaban J connectivity index is 1.66. The summed E-state index contributed by atoms with van der Waals surface area (Å²) in [4.78, 5) is 23.4. The van der Waals surface area contributed by atoms with Crippen LogP contribution in [0.3, 0.4) is 0 Å². The SMILES string of the molecule is Cc1ccc(NC(=O)CSc2nnnn2-c2ccc(C(N)=O)cc2)c(C)c1. The molecule has 3 aromatic rings. The van der Waals surface area contributed by atoms with Crippen molar-refractivity contribution in [2.75, 3.05) is 11.1 Å². The minimum absolute atomic E-state index is 0.148. The van der Waals surface area contributed by atoms with Gasteiger partial charge < -0.3 is 11.1 Å². The lowest BCUT2D eigenvalue weighted by Crippen LogP contribution is -2.15. The third-order valence-electron chi connectivity index (χ3n) is 3.83. The van der Waals surface area contributed by atoms with E-state index in [0.29, 0.717) is 16.4 Å². The van der Waals surface area contributed by atoms with Gasteiger partial charge in [-0.25, -0.2) is 0 Å². The Bertz CT molecular complexity index is 984. The van der Waals surface area contributed by atoms with Gasteiger partial charge in [0.2, 0.25) is 17.0 Å². The highest BCUT2D eigenvalue weighted by atomic mass is 32.2. The van der Waals surface area contributed by atoms with Crippen molar-refractivity contribution in [3.8, 4) is 5.69 Å². The number of nitrogens with two attached hydrogens (primary N) is 1. The summed E-state index contributed by atoms with van der Waals surface area (Å²) in [7, 11) is 0. The average Bonchev–Trinajstić information content (AvgIpc) is 3.11. The summed E-state index contributed by atoms with van der Waals surface area (Å²) in [6.45, 7) is 3.95. The topological polar surface area (TPSA) is 116 Å². The zero-order valence-electron chi connectivity index (χ0n) is 14.8. The molecule has 3 rings (SSSR count). The number of rotatable bonds is 6. The maximum atomic E-state index is 12.3. The number of carbonyl (C=O) groups is 2. The van der Waals surface area contributed by atoms with Crippen LogP contribution in [0.25, 0.3) is 5.69 Å². The highest BCUT2D eigenvalue weighted by molar-refractivity contribution is 7.99. The minimum Gasteiger partial charge on any atom is -0.366 e. The van der Waals surface area contributed by atoms with E-state index < -0.39 is 5.91 Å². The van der Waals surface area contributed by atoms with Crippen LogP contribution in [0.4, 0.5) is 5.69 Å². The Labute approximate surface area is 160 Å². The Morgan fingerprint density at radius 1 is 1.15 bits per heavy atom. The molecule has 0 saturated heterocycles. The van der Waals surface area contributed by atoms with Gasteiger partial charge in [0, 0.05) is 11.3 Å². The fourth-order valence-corrected chi connectivity index (χ4v) is 3.16. The van der Waals surface area contributed by atoms with Crippen molar-refractivity contribution in [1.82, 2.24) is 20.2 Å². The Hall–Kier alpha value is -3.20. The van der Waals surface area contributed by atoms with Gasteiger partial charge in [-0.2, -0.15) is 4.68 Å². The summed E-state index contributed by atoms with van der Waals surface area (Å²) in [6, 6.07) is 12.4. The number of hydrogen-bond acceptors (Lipinski definition) is 6. The Morgan fingerprint density at radius 3 is 2.56 bits per heavy atom. The molecule has 0 fully saturated rings. The predicted octanol–water partition coefficient (Wildman–Crippen LogP) is 2.11. The van der Waals surface area contributed by atoms with E-state index in [1.54, 1.807) is 24.3 Å². The van der Waals surface area contributed by atoms with Crippen molar-refractivity contribution < 1.29 is 9.59 Å². The molecule has 0 saturated carbocycles. The molecule has 8 nitrogen and oxygen atoms in total. The van der Waals surface area contributed by atoms with E-state index >= 15 is 0 Å². The zero-order chi connectivity index (χ0) is 19.4. The van der Waals surface area contributed by atoms with E-state index in [4.69, 9.17) is 5.73 Å². The standard InChI is InChI=1S/C18H18N6O2S/c1-11-3-8-15(12(2)9-11)20-16(25)10-27-18-21-22-23-24(18)14-6-4-13(5-7-14)17(19)26/h3-9H,10H2,1-2H3,(H2,19,26)(H,20,25). The van der Waals surface area contributed by atoms with Gasteiger partial charge in [-0.15, -0.1) is 5.10 Å². The molecule has 1 aromatic heterocycles. The maximum absolute atomic E-state index is 12.3. The van der Waals surface area contributed by atoms with Crippen molar-refractivity contribution in [1.29, 1.82) is 0 Å². The first kappa shape index (κ1) is 18.6. The van der Waals surface area contributed by atoms with E-state index in [1.165, 1.54) is 16.4 Å². The fraction of sp³-hybridized carbons (Fsp3) is 0.167. The molecule has 138 valence electrons. The number of nitrogens with zero attached hydrogens (tertiary/aromatic N) is 4. The van der Waals surface area contributed by atoms with Gasteiger partial charge in [0.15, 0.2) is 0 Å². The van der Waals surface area contributed by atoms with Gasteiger partial charge in [0.25, 0.3) is 0 Å². The average molecular weight is 382 g/mol. The van der Waals surface area contributed by atoms with Crippen LogP contribution < -0.4 is 11.1 Å². The maximum Gasteiger partial charge on any atom is 0.248 e. The summed E-state index contributed by atoms with van der Waals surface area (Å²) in [5.41, 5.74) is 9.24. The summed E-state index contributed by atoms with van der Waals surface area (Å²) >= 11 is 1.22. The predicted molar refractivity (Wildman–Crippen MR) is 103 cm³/mol. The number of hydrogen-bond donors (Lipinski definition) is 2. The molecule has 27 heavy (non-hydrogen) atoms. The molecule has 1 heterocycles. The Kier molecular flexibility index (Phi) is 5.51. The van der Waals surface area contributed by atoms with Gasteiger partial charge in [0.05, 0.1) is 11.4 Å². The first-order valence-electron chi connectivity index (χ1n) is 8.12. The number of thioether (sulfide) groups is 1. The van der Waals surface area contributed by atoms with Crippen molar-refractivity contribution in [3.05, 3.63) is 59.2 Å². The number of aryl methyl sites for hydroxylation is 2. The lowest BCUT2D eigenvalue weighted by molar-refractivity contribution is -0.113. The molecule has 2 aromatic carbocycles. The molecule has 2 amide bonds. The van der Waals surface area contributed by atoms with E-state index in [-0.39, 0.29) is 11.7 Å². The number of primary amides is 1. The smallest absolute Gasteiger partial charge is 0.248 e. The molecule has 0 bridgehead atoms. The van der Waals surface area contributed by atoms with Gasteiger partial charge in [0.1, 0.15) is 0 Å². The van der Waals surface area contributed by atoms with Crippen LogP contribution in [0.1, 0.15) is 21.5 Å². The largest absolute Gasteiger partial charge is 0.366 e. The zero-order valence-corrected chi connectivity index (χ0v) is 15.7. The second-order valence-corrected chi connectivity index (χ2v) is 6.88. The molecule has 0 aliphatic rings. The van der Waals surface area contributed by atoms with Crippen molar-refractivity contribution in [3.63, 3.8) is 0 Å². The number of benzene rings is 2. The molecule has 0 aliphatic heterocycles. The van der Waals surface area contributed by atoms with Crippen LogP contribution in [0, 0.1) is 13.8 Å². The van der Waals surface area contributed by atoms with E-state index in [0.717, 1.165) is 16.8 Å². The van der Waals surface area contributed by atoms with Crippen molar-refractivity contribution in [2.45, 2.75) is 19.0 Å². The van der Waals surface area contributed by atoms with Crippen molar-refractivity contribution in [2.24, 2.45) is 5.73 Å². The third-order valence-corrected chi connectivity index (χ3v) is 4.74. The monoisotopic (exact) mass is 382 g/mol. The number of anilines is 1. The fourth-order valence-electron chi connectivity index (χ4n) is 2.47. The van der Waals surface area contributed by atoms with E-state index in [2.05, 4.69) is 20.8 Å². The highest BCUT2D eigenvalue weighted by Crippen LogP contribution is 2.20. The lowest BCUT2D eigenvalue weighted by Gasteiger charge is -2.09. The van der Waals surface area contributed by atoms with E-state index in [1.807, 2.05) is 32.0 Å². The second-order valence-electron chi connectivity index (χ2n) is 5.94. The molecule has 9 heteroatoms. The molecule has 3 N–H and O–H groups in total. The summed E-state index contributed by atoms with van der Waals surface area (Å²) in [5, 5.41) is 14.9. The number of amides is 2. The quantitative estimate of drug-likeness (QED) is 0.631. The van der Waals surface area contributed by atoms with Crippen LogP contribution >= 0.6 is 11.8 Å².